The van der Waals surface area contributed by atoms with Crippen molar-refractivity contribution in [3.63, 3.8) is 0 Å². The van der Waals surface area contributed by atoms with Gasteiger partial charge in [-0.3, -0.25) is 9.62 Å². The maximum absolute atomic E-state index is 12.9. The number of ether oxygens (including phenoxy) is 1. The first-order chi connectivity index (χ1) is 15.5. The van der Waals surface area contributed by atoms with Gasteiger partial charge >= 0.3 is 0 Å². The van der Waals surface area contributed by atoms with E-state index in [0.717, 1.165) is 48.1 Å². The maximum Gasteiger partial charge on any atom is 0.256 e. The second-order valence-corrected chi connectivity index (χ2v) is 11.0. The van der Waals surface area contributed by atoms with Crippen molar-refractivity contribution in [3.8, 4) is 0 Å². The lowest BCUT2D eigenvalue weighted by molar-refractivity contribution is 0.0331. The van der Waals surface area contributed by atoms with Gasteiger partial charge in [-0.1, -0.05) is 23.7 Å². The summed E-state index contributed by atoms with van der Waals surface area (Å²) in [4.78, 5) is 13.8. The van der Waals surface area contributed by atoms with Crippen LogP contribution in [0.3, 0.4) is 0 Å². The number of hydrogen-bond donors (Lipinski definition) is 1. The van der Waals surface area contributed by atoms with Crippen molar-refractivity contribution >= 4 is 55.1 Å². The van der Waals surface area contributed by atoms with Gasteiger partial charge < -0.3 is 4.74 Å². The molecule has 0 unspecified atom stereocenters. The number of aryl methyl sites for hydroxylation is 2. The second-order valence-electron chi connectivity index (χ2n) is 7.92. The summed E-state index contributed by atoms with van der Waals surface area (Å²) in [5.74, 6) is 0.997. The Kier molecular flexibility index (Phi) is 6.18. The minimum Gasteiger partial charge on any atom is -0.379 e. The van der Waals surface area contributed by atoms with Gasteiger partial charge in [0, 0.05) is 23.0 Å². The van der Waals surface area contributed by atoms with Crippen LogP contribution in [0.4, 0.5) is 5.82 Å². The van der Waals surface area contributed by atoms with Crippen LogP contribution in [-0.2, 0) is 34.1 Å². The molecule has 5 rings (SSSR count). The smallest absolute Gasteiger partial charge is 0.256 e. The molecule has 0 bridgehead atoms. The Morgan fingerprint density at radius 1 is 1.16 bits per heavy atom. The predicted octanol–water partition coefficient (Wildman–Crippen LogP) is 4.08. The lowest BCUT2D eigenvalue weighted by Gasteiger charge is -2.25. The molecule has 1 aliphatic carbocycles. The van der Waals surface area contributed by atoms with Crippen LogP contribution in [-0.4, -0.2) is 49.6 Å². The lowest BCUT2D eigenvalue weighted by atomic mass is 10.2. The van der Waals surface area contributed by atoms with E-state index in [9.17, 15) is 8.42 Å². The molecule has 10 heteroatoms. The summed E-state index contributed by atoms with van der Waals surface area (Å²) in [6.07, 6.45) is 4.56. The monoisotopic (exact) mass is 490 g/mol. The molecule has 0 spiro atoms. The van der Waals surface area contributed by atoms with Crippen molar-refractivity contribution in [3.05, 3.63) is 56.5 Å². The minimum atomic E-state index is -3.76. The van der Waals surface area contributed by atoms with Gasteiger partial charge in [0.15, 0.2) is 5.82 Å². The van der Waals surface area contributed by atoms with Crippen LogP contribution in [0.1, 0.15) is 28.2 Å². The van der Waals surface area contributed by atoms with E-state index < -0.39 is 10.0 Å². The molecule has 168 valence electrons. The number of morpholine rings is 1. The molecule has 0 saturated carbocycles. The van der Waals surface area contributed by atoms with Gasteiger partial charge in [-0.2, -0.15) is 0 Å². The summed E-state index contributed by atoms with van der Waals surface area (Å²) in [6, 6.07) is 6.98. The molecule has 2 aromatic heterocycles. The molecular weight excluding hydrogens is 468 g/mol. The zero-order valence-electron chi connectivity index (χ0n) is 17.4. The highest BCUT2D eigenvalue weighted by atomic mass is 35.5. The number of rotatable bonds is 6. The van der Waals surface area contributed by atoms with E-state index in [1.54, 1.807) is 41.7 Å². The first-order valence-corrected chi connectivity index (χ1v) is 13.3. The van der Waals surface area contributed by atoms with E-state index in [0.29, 0.717) is 36.4 Å². The van der Waals surface area contributed by atoms with Gasteiger partial charge in [0.2, 0.25) is 0 Å². The highest BCUT2D eigenvalue weighted by Gasteiger charge is 2.24. The van der Waals surface area contributed by atoms with Crippen molar-refractivity contribution in [1.29, 1.82) is 0 Å². The van der Waals surface area contributed by atoms with Crippen molar-refractivity contribution in [2.75, 3.05) is 31.0 Å². The summed E-state index contributed by atoms with van der Waals surface area (Å²) < 4.78 is 33.9. The Balaban J connectivity index is 1.47. The first-order valence-electron chi connectivity index (χ1n) is 10.5. The molecule has 0 radical (unpaired) electrons. The van der Waals surface area contributed by atoms with Crippen LogP contribution in [0.15, 0.2) is 29.7 Å². The van der Waals surface area contributed by atoms with Crippen molar-refractivity contribution < 1.29 is 13.2 Å². The molecule has 1 saturated heterocycles. The number of nitrogens with one attached hydrogen (secondary N) is 1. The average molecular weight is 491 g/mol. The van der Waals surface area contributed by atoms with Crippen LogP contribution in [0.5, 0.6) is 0 Å². The molecule has 1 aromatic carbocycles. The Labute approximate surface area is 196 Å². The highest BCUT2D eigenvalue weighted by Crippen LogP contribution is 2.40. The second kappa shape index (κ2) is 9.07. The molecule has 1 fully saturated rings. The lowest BCUT2D eigenvalue weighted by Crippen LogP contribution is -2.36. The summed E-state index contributed by atoms with van der Waals surface area (Å²) >= 11 is 7.56. The highest BCUT2D eigenvalue weighted by molar-refractivity contribution is 7.95. The normalized spacial score (nSPS) is 17.3. The van der Waals surface area contributed by atoms with E-state index in [1.807, 2.05) is 0 Å². The molecule has 32 heavy (non-hydrogen) atoms. The van der Waals surface area contributed by atoms with E-state index >= 15 is 0 Å². The number of sulfonamides is 1. The van der Waals surface area contributed by atoms with Gasteiger partial charge in [0.25, 0.3) is 10.0 Å². The zero-order chi connectivity index (χ0) is 22.1. The van der Waals surface area contributed by atoms with Crippen molar-refractivity contribution in [2.45, 2.75) is 25.8 Å². The van der Waals surface area contributed by atoms with Gasteiger partial charge in [-0.25, -0.2) is 18.4 Å². The Morgan fingerprint density at radius 3 is 2.72 bits per heavy atom. The third-order valence-corrected chi connectivity index (χ3v) is 8.04. The fourth-order valence-corrected chi connectivity index (χ4v) is 6.28. The molecule has 0 amide bonds. The number of aromatic nitrogens is 2. The summed E-state index contributed by atoms with van der Waals surface area (Å²) in [5.41, 5.74) is 1.93. The van der Waals surface area contributed by atoms with Crippen LogP contribution < -0.4 is 4.72 Å². The van der Waals surface area contributed by atoms with Gasteiger partial charge in [0.1, 0.15) is 10.7 Å². The van der Waals surface area contributed by atoms with Crippen molar-refractivity contribution in [2.24, 2.45) is 0 Å². The Morgan fingerprint density at radius 2 is 1.94 bits per heavy atom. The van der Waals surface area contributed by atoms with Crippen molar-refractivity contribution in [1.82, 2.24) is 14.9 Å². The average Bonchev–Trinajstić information content (AvgIpc) is 3.35. The third-order valence-electron chi connectivity index (χ3n) is 5.63. The Hall–Kier alpha value is -2.04. The van der Waals surface area contributed by atoms with Crippen LogP contribution in [0.25, 0.3) is 16.3 Å². The third kappa shape index (κ3) is 4.82. The van der Waals surface area contributed by atoms with Gasteiger partial charge in [-0.05, 0) is 48.6 Å². The summed E-state index contributed by atoms with van der Waals surface area (Å²) in [6.45, 7) is 3.56. The topological polar surface area (TPSA) is 84.4 Å². The number of nitrogens with zero attached hydrogens (tertiary/aromatic N) is 3. The van der Waals surface area contributed by atoms with E-state index in [2.05, 4.69) is 14.6 Å². The molecule has 7 nitrogen and oxygen atoms in total. The molecule has 1 aliphatic heterocycles. The fourth-order valence-electron chi connectivity index (χ4n) is 4.05. The predicted molar refractivity (Wildman–Crippen MR) is 129 cm³/mol. The molecule has 3 aromatic rings. The van der Waals surface area contributed by atoms with Gasteiger partial charge in [-0.15, -0.1) is 11.3 Å². The number of halogens is 1. The standard InChI is InChI=1S/C22H23ClN4O3S2/c23-16-6-4-15(5-7-16)8-13-32(28,29)26-21-20-17-2-1-3-18(17)31-22(20)25-19(24-21)14-27-9-11-30-12-10-27/h4-8,13H,1-3,9-12,14H2,(H,24,25,26)/b13-8+. The molecule has 1 N–H and O–H groups in total. The number of thiophene rings is 1. The zero-order valence-corrected chi connectivity index (χ0v) is 19.8. The molecular formula is C22H23ClN4O3S2. The van der Waals surface area contributed by atoms with Crippen LogP contribution in [0.2, 0.25) is 5.02 Å². The van der Waals surface area contributed by atoms with Crippen LogP contribution >= 0.6 is 22.9 Å². The molecule has 0 atom stereocenters. The maximum atomic E-state index is 12.9. The first kappa shape index (κ1) is 21.8. The quantitative estimate of drug-likeness (QED) is 0.560. The van der Waals surface area contributed by atoms with Gasteiger partial charge in [0.05, 0.1) is 30.6 Å². The minimum absolute atomic E-state index is 0.374. The SMILES string of the molecule is O=S(=O)(/C=C/c1ccc(Cl)cc1)Nc1nc(CN2CCOCC2)nc2sc3c(c12)CCC3. The number of fused-ring (bicyclic) bond motifs is 3. The number of benzene rings is 1. The van der Waals surface area contributed by atoms with Crippen LogP contribution in [0, 0.1) is 0 Å². The molecule has 3 heterocycles. The Bertz CT molecular complexity index is 1270. The van der Waals surface area contributed by atoms with E-state index in [4.69, 9.17) is 21.3 Å². The largest absolute Gasteiger partial charge is 0.379 e. The van der Waals surface area contributed by atoms with E-state index in [1.165, 1.54) is 15.8 Å². The summed E-state index contributed by atoms with van der Waals surface area (Å²) in [5, 5.41) is 2.61. The molecule has 2 aliphatic rings. The number of hydrogen-bond acceptors (Lipinski definition) is 7. The fraction of sp³-hybridized carbons (Fsp3) is 0.364. The summed E-state index contributed by atoms with van der Waals surface area (Å²) in [7, 11) is -3.76. The number of anilines is 1. The van der Waals surface area contributed by atoms with E-state index in [-0.39, 0.29) is 0 Å².